The average molecular weight is 223 g/mol. The Morgan fingerprint density at radius 1 is 1.50 bits per heavy atom. The highest BCUT2D eigenvalue weighted by Crippen LogP contribution is 2.22. The number of anilines is 1. The Morgan fingerprint density at radius 3 is 2.69 bits per heavy atom. The molecule has 16 heavy (non-hydrogen) atoms. The van der Waals surface area contributed by atoms with E-state index >= 15 is 0 Å². The number of methoxy groups -OCH3 is 1. The minimum atomic E-state index is -0.117. The van der Waals surface area contributed by atoms with Crippen LogP contribution in [0.15, 0.2) is 18.2 Å². The second kappa shape index (κ2) is 5.51. The fourth-order valence-corrected chi connectivity index (χ4v) is 1.27. The zero-order valence-electron chi connectivity index (χ0n) is 9.78. The van der Waals surface area contributed by atoms with Gasteiger partial charge < -0.3 is 15.2 Å². The van der Waals surface area contributed by atoms with Gasteiger partial charge in [-0.05, 0) is 18.2 Å². The summed E-state index contributed by atoms with van der Waals surface area (Å²) in [7, 11) is 1.54. The molecule has 88 valence electrons. The molecule has 4 nitrogen and oxygen atoms in total. The van der Waals surface area contributed by atoms with Crippen LogP contribution in [0.25, 0.3) is 0 Å². The fourth-order valence-electron chi connectivity index (χ4n) is 1.27. The molecule has 0 atom stereocenters. The van der Waals surface area contributed by atoms with Crippen LogP contribution in [0.1, 0.15) is 19.4 Å². The van der Waals surface area contributed by atoms with Gasteiger partial charge in [-0.2, -0.15) is 0 Å². The molecule has 1 aromatic carbocycles. The van der Waals surface area contributed by atoms with Gasteiger partial charge in [-0.15, -0.1) is 0 Å². The van der Waals surface area contributed by atoms with Crippen LogP contribution in [0, 0.1) is 5.92 Å². The van der Waals surface area contributed by atoms with Crippen molar-refractivity contribution in [2.24, 2.45) is 5.92 Å². The van der Waals surface area contributed by atoms with Crippen molar-refractivity contribution < 1.29 is 14.6 Å². The number of aliphatic hydroxyl groups excluding tert-OH is 1. The van der Waals surface area contributed by atoms with E-state index in [0.29, 0.717) is 17.0 Å². The van der Waals surface area contributed by atoms with Crippen molar-refractivity contribution in [1.29, 1.82) is 0 Å². The summed E-state index contributed by atoms with van der Waals surface area (Å²) < 4.78 is 5.07. The number of hydrogen-bond acceptors (Lipinski definition) is 3. The van der Waals surface area contributed by atoms with Gasteiger partial charge in [-0.25, -0.2) is 0 Å². The van der Waals surface area contributed by atoms with Crippen LogP contribution in [0.5, 0.6) is 5.75 Å². The van der Waals surface area contributed by atoms with Crippen molar-refractivity contribution in [1.82, 2.24) is 0 Å². The lowest BCUT2D eigenvalue weighted by Gasteiger charge is -2.11. The summed E-state index contributed by atoms with van der Waals surface area (Å²) >= 11 is 0. The third-order valence-electron chi connectivity index (χ3n) is 2.24. The number of aliphatic hydroxyl groups is 1. The van der Waals surface area contributed by atoms with Crippen LogP contribution < -0.4 is 10.1 Å². The molecular formula is C12H17NO3. The number of rotatable bonds is 4. The first kappa shape index (κ1) is 12.5. The zero-order valence-corrected chi connectivity index (χ0v) is 9.78. The Balaban J connectivity index is 2.87. The van der Waals surface area contributed by atoms with Crippen LogP contribution in [-0.2, 0) is 11.4 Å². The monoisotopic (exact) mass is 223 g/mol. The highest BCUT2D eigenvalue weighted by atomic mass is 16.5. The molecule has 0 aliphatic rings. The van der Waals surface area contributed by atoms with Crippen molar-refractivity contribution in [3.05, 3.63) is 23.8 Å². The number of benzene rings is 1. The zero-order chi connectivity index (χ0) is 12.1. The Bertz CT molecular complexity index is 375. The van der Waals surface area contributed by atoms with Crippen LogP contribution in [-0.4, -0.2) is 18.1 Å². The molecule has 0 fully saturated rings. The molecule has 0 saturated carbocycles. The Kier molecular flexibility index (Phi) is 4.31. The maximum atomic E-state index is 11.5. The molecule has 1 aromatic rings. The molecule has 0 heterocycles. The SMILES string of the molecule is COc1ccc(NC(=O)C(C)C)cc1CO. The third kappa shape index (κ3) is 2.97. The summed E-state index contributed by atoms with van der Waals surface area (Å²) in [6.07, 6.45) is 0. The summed E-state index contributed by atoms with van der Waals surface area (Å²) in [5, 5.41) is 11.9. The molecule has 0 aliphatic heterocycles. The molecule has 1 rings (SSSR count). The number of amides is 1. The van der Waals surface area contributed by atoms with E-state index in [-0.39, 0.29) is 18.4 Å². The van der Waals surface area contributed by atoms with Gasteiger partial charge in [-0.3, -0.25) is 4.79 Å². The normalized spacial score (nSPS) is 10.3. The number of carbonyl (C=O) groups excluding carboxylic acids is 1. The molecule has 0 spiro atoms. The predicted octanol–water partition coefficient (Wildman–Crippen LogP) is 1.78. The maximum Gasteiger partial charge on any atom is 0.226 e. The number of hydrogen-bond donors (Lipinski definition) is 2. The van der Waals surface area contributed by atoms with E-state index in [1.165, 1.54) is 0 Å². The van der Waals surface area contributed by atoms with E-state index in [9.17, 15) is 4.79 Å². The van der Waals surface area contributed by atoms with Gasteiger partial charge in [0.25, 0.3) is 0 Å². The van der Waals surface area contributed by atoms with Crippen LogP contribution >= 0.6 is 0 Å². The number of carbonyl (C=O) groups is 1. The summed E-state index contributed by atoms with van der Waals surface area (Å²) in [4.78, 5) is 11.5. The Morgan fingerprint density at radius 2 is 2.19 bits per heavy atom. The standard InChI is InChI=1S/C12H17NO3/c1-8(2)12(15)13-10-4-5-11(16-3)9(6-10)7-14/h4-6,8,14H,7H2,1-3H3,(H,13,15). The van der Waals surface area contributed by atoms with Gasteiger partial charge in [0.15, 0.2) is 0 Å². The molecule has 0 radical (unpaired) electrons. The van der Waals surface area contributed by atoms with E-state index < -0.39 is 0 Å². The van der Waals surface area contributed by atoms with Gasteiger partial charge in [0, 0.05) is 17.2 Å². The van der Waals surface area contributed by atoms with E-state index in [1.807, 2.05) is 13.8 Å². The summed E-state index contributed by atoms with van der Waals surface area (Å²) in [5.41, 5.74) is 1.33. The number of nitrogens with one attached hydrogen (secondary N) is 1. The first-order valence-electron chi connectivity index (χ1n) is 5.17. The molecule has 0 aliphatic carbocycles. The van der Waals surface area contributed by atoms with Gasteiger partial charge in [0.05, 0.1) is 13.7 Å². The highest BCUT2D eigenvalue weighted by Gasteiger charge is 2.09. The topological polar surface area (TPSA) is 58.6 Å². The van der Waals surface area contributed by atoms with Crippen molar-refractivity contribution in [3.8, 4) is 5.75 Å². The first-order valence-corrected chi connectivity index (χ1v) is 5.17. The van der Waals surface area contributed by atoms with E-state index in [2.05, 4.69) is 5.32 Å². The molecular weight excluding hydrogens is 206 g/mol. The third-order valence-corrected chi connectivity index (χ3v) is 2.24. The lowest BCUT2D eigenvalue weighted by molar-refractivity contribution is -0.118. The molecule has 1 amide bonds. The molecule has 4 heteroatoms. The van der Waals surface area contributed by atoms with Crippen molar-refractivity contribution >= 4 is 11.6 Å². The molecule has 0 unspecified atom stereocenters. The van der Waals surface area contributed by atoms with Crippen molar-refractivity contribution in [3.63, 3.8) is 0 Å². The lowest BCUT2D eigenvalue weighted by atomic mass is 10.1. The number of ether oxygens (including phenoxy) is 1. The second-order valence-corrected chi connectivity index (χ2v) is 3.83. The van der Waals surface area contributed by atoms with Gasteiger partial charge in [0.1, 0.15) is 5.75 Å². The lowest BCUT2D eigenvalue weighted by Crippen LogP contribution is -2.17. The van der Waals surface area contributed by atoms with E-state index in [4.69, 9.17) is 9.84 Å². The summed E-state index contributed by atoms with van der Waals surface area (Å²) in [6, 6.07) is 5.18. The fraction of sp³-hybridized carbons (Fsp3) is 0.417. The first-order chi connectivity index (χ1) is 7.58. The largest absolute Gasteiger partial charge is 0.496 e. The molecule has 0 bridgehead atoms. The summed E-state index contributed by atoms with van der Waals surface area (Å²) in [5.74, 6) is 0.499. The predicted molar refractivity (Wildman–Crippen MR) is 62.4 cm³/mol. The summed E-state index contributed by atoms with van der Waals surface area (Å²) in [6.45, 7) is 3.53. The van der Waals surface area contributed by atoms with E-state index in [1.54, 1.807) is 25.3 Å². The molecule has 0 aromatic heterocycles. The highest BCUT2D eigenvalue weighted by molar-refractivity contribution is 5.92. The Labute approximate surface area is 95.2 Å². The minimum absolute atomic E-state index is 0.0472. The minimum Gasteiger partial charge on any atom is -0.496 e. The molecule has 2 N–H and O–H groups in total. The quantitative estimate of drug-likeness (QED) is 0.818. The second-order valence-electron chi connectivity index (χ2n) is 3.83. The maximum absolute atomic E-state index is 11.5. The average Bonchev–Trinajstić information content (AvgIpc) is 2.28. The Hall–Kier alpha value is -1.55. The van der Waals surface area contributed by atoms with Gasteiger partial charge in [-0.1, -0.05) is 13.8 Å². The smallest absolute Gasteiger partial charge is 0.226 e. The van der Waals surface area contributed by atoms with Crippen molar-refractivity contribution in [2.45, 2.75) is 20.5 Å². The van der Waals surface area contributed by atoms with Crippen LogP contribution in [0.4, 0.5) is 5.69 Å². The van der Waals surface area contributed by atoms with Crippen LogP contribution in [0.2, 0.25) is 0 Å². The van der Waals surface area contributed by atoms with Crippen LogP contribution in [0.3, 0.4) is 0 Å². The van der Waals surface area contributed by atoms with Crippen molar-refractivity contribution in [2.75, 3.05) is 12.4 Å². The van der Waals surface area contributed by atoms with E-state index in [0.717, 1.165) is 0 Å². The van der Waals surface area contributed by atoms with Gasteiger partial charge in [0.2, 0.25) is 5.91 Å². The molecule has 0 saturated heterocycles. The van der Waals surface area contributed by atoms with Gasteiger partial charge >= 0.3 is 0 Å².